The highest BCUT2D eigenvalue weighted by atomic mass is 32.1. The number of thiocarbonyl (C=S) groups is 1. The van der Waals surface area contributed by atoms with Gasteiger partial charge >= 0.3 is 0 Å². The number of piperazine rings is 1. The van der Waals surface area contributed by atoms with Gasteiger partial charge < -0.3 is 14.2 Å². The standard InChI is InChI=1S/C21H18N4O5S/c26-24(27)17-5-1-3-15(13-17)19-7-8-20(30-19)21(31)23-11-9-22(10-12-23)16-4-2-6-18(14-16)25(28)29/h1-8,13-14H,9-12H2. The maximum Gasteiger partial charge on any atom is 0.271 e. The van der Waals surface area contributed by atoms with E-state index in [9.17, 15) is 20.2 Å². The molecule has 1 fully saturated rings. The molecule has 0 unspecified atom stereocenters. The number of rotatable bonds is 5. The minimum atomic E-state index is -0.446. The molecule has 0 saturated carbocycles. The average molecular weight is 438 g/mol. The molecular weight excluding hydrogens is 420 g/mol. The minimum absolute atomic E-state index is 0.00435. The number of nitro groups is 2. The second-order valence-corrected chi connectivity index (χ2v) is 7.41. The van der Waals surface area contributed by atoms with E-state index in [1.54, 1.807) is 36.4 Å². The third-order valence-electron chi connectivity index (χ3n) is 5.13. The van der Waals surface area contributed by atoms with Crippen LogP contribution in [0, 0.1) is 20.2 Å². The third kappa shape index (κ3) is 4.38. The summed E-state index contributed by atoms with van der Waals surface area (Å²) in [7, 11) is 0. The number of anilines is 1. The van der Waals surface area contributed by atoms with Crippen LogP contribution in [0.25, 0.3) is 11.3 Å². The van der Waals surface area contributed by atoms with Gasteiger partial charge in [0.05, 0.1) is 9.85 Å². The number of nitro benzene ring substituents is 2. The van der Waals surface area contributed by atoms with E-state index in [4.69, 9.17) is 16.6 Å². The summed E-state index contributed by atoms with van der Waals surface area (Å²) in [6.45, 7) is 2.63. The van der Waals surface area contributed by atoms with Crippen molar-refractivity contribution in [3.63, 3.8) is 0 Å². The number of hydrogen-bond donors (Lipinski definition) is 0. The Morgan fingerprint density at radius 3 is 2.19 bits per heavy atom. The number of furan rings is 1. The Morgan fingerprint density at radius 2 is 1.52 bits per heavy atom. The van der Waals surface area contributed by atoms with Crippen LogP contribution in [-0.4, -0.2) is 45.9 Å². The molecule has 0 radical (unpaired) electrons. The van der Waals surface area contributed by atoms with Crippen molar-refractivity contribution in [2.45, 2.75) is 0 Å². The molecule has 1 aromatic heterocycles. The van der Waals surface area contributed by atoms with E-state index in [1.165, 1.54) is 18.2 Å². The molecule has 0 atom stereocenters. The first-order valence-corrected chi connectivity index (χ1v) is 9.96. The van der Waals surface area contributed by atoms with Crippen molar-refractivity contribution >= 4 is 34.3 Å². The van der Waals surface area contributed by atoms with Gasteiger partial charge in [0.25, 0.3) is 11.4 Å². The smallest absolute Gasteiger partial charge is 0.271 e. The second-order valence-electron chi connectivity index (χ2n) is 7.03. The van der Waals surface area contributed by atoms with Gasteiger partial charge in [-0.2, -0.15) is 0 Å². The monoisotopic (exact) mass is 438 g/mol. The van der Waals surface area contributed by atoms with Crippen molar-refractivity contribution in [2.75, 3.05) is 31.1 Å². The lowest BCUT2D eigenvalue weighted by atomic mass is 10.1. The zero-order valence-corrected chi connectivity index (χ0v) is 17.2. The summed E-state index contributed by atoms with van der Waals surface area (Å²) in [5.41, 5.74) is 1.49. The summed E-state index contributed by atoms with van der Waals surface area (Å²) in [5.74, 6) is 1.04. The Kier molecular flexibility index (Phi) is 5.63. The van der Waals surface area contributed by atoms with E-state index >= 15 is 0 Å². The summed E-state index contributed by atoms with van der Waals surface area (Å²) >= 11 is 5.60. The summed E-state index contributed by atoms with van der Waals surface area (Å²) in [4.78, 5) is 25.8. The summed E-state index contributed by atoms with van der Waals surface area (Å²) < 4.78 is 5.88. The lowest BCUT2D eigenvalue weighted by Gasteiger charge is -2.36. The van der Waals surface area contributed by atoms with E-state index in [0.717, 1.165) is 5.69 Å². The molecular formula is C21H18N4O5S. The third-order valence-corrected chi connectivity index (χ3v) is 5.59. The van der Waals surface area contributed by atoms with E-state index in [2.05, 4.69) is 4.90 Å². The van der Waals surface area contributed by atoms with Crippen LogP contribution in [0.3, 0.4) is 0 Å². The van der Waals surface area contributed by atoms with Gasteiger partial charge in [-0.3, -0.25) is 20.2 Å². The van der Waals surface area contributed by atoms with Crippen molar-refractivity contribution in [1.29, 1.82) is 0 Å². The van der Waals surface area contributed by atoms with Crippen molar-refractivity contribution in [3.8, 4) is 11.3 Å². The highest BCUT2D eigenvalue weighted by molar-refractivity contribution is 7.80. The first kappa shape index (κ1) is 20.5. The van der Waals surface area contributed by atoms with Gasteiger partial charge in [-0.15, -0.1) is 0 Å². The van der Waals surface area contributed by atoms with Crippen LogP contribution in [-0.2, 0) is 0 Å². The molecule has 9 nitrogen and oxygen atoms in total. The molecule has 10 heteroatoms. The Balaban J connectivity index is 1.43. The van der Waals surface area contributed by atoms with Crippen LogP contribution in [0.5, 0.6) is 0 Å². The highest BCUT2D eigenvalue weighted by Crippen LogP contribution is 2.27. The molecule has 1 aliphatic heterocycles. The fourth-order valence-corrected chi connectivity index (χ4v) is 3.80. The Morgan fingerprint density at radius 1 is 0.871 bits per heavy atom. The lowest BCUT2D eigenvalue weighted by Crippen LogP contribution is -2.48. The predicted octanol–water partition coefficient (Wildman–Crippen LogP) is 4.26. The molecule has 0 amide bonds. The molecule has 2 heterocycles. The second kappa shape index (κ2) is 8.52. The van der Waals surface area contributed by atoms with Gasteiger partial charge in [0.1, 0.15) is 10.7 Å². The fraction of sp³-hybridized carbons (Fsp3) is 0.190. The largest absolute Gasteiger partial charge is 0.454 e. The number of benzene rings is 2. The van der Waals surface area contributed by atoms with Crippen molar-refractivity contribution in [1.82, 2.24) is 4.90 Å². The molecule has 0 spiro atoms. The molecule has 1 aliphatic rings. The molecule has 1 saturated heterocycles. The average Bonchev–Trinajstić information content (AvgIpc) is 3.29. The highest BCUT2D eigenvalue weighted by Gasteiger charge is 2.23. The van der Waals surface area contributed by atoms with Crippen LogP contribution in [0.4, 0.5) is 17.1 Å². The van der Waals surface area contributed by atoms with Gasteiger partial charge in [0.15, 0.2) is 5.76 Å². The van der Waals surface area contributed by atoms with E-state index in [-0.39, 0.29) is 11.4 Å². The fourth-order valence-electron chi connectivity index (χ4n) is 3.51. The zero-order chi connectivity index (χ0) is 22.0. The summed E-state index contributed by atoms with van der Waals surface area (Å²) in [5, 5.41) is 22.0. The Hall–Kier alpha value is -3.79. The van der Waals surface area contributed by atoms with E-state index in [0.29, 0.717) is 48.3 Å². The molecule has 0 aliphatic carbocycles. The van der Waals surface area contributed by atoms with Gasteiger partial charge in [-0.1, -0.05) is 30.4 Å². The van der Waals surface area contributed by atoms with Crippen LogP contribution in [0.15, 0.2) is 65.1 Å². The molecule has 3 aromatic rings. The summed E-state index contributed by atoms with van der Waals surface area (Å²) in [6, 6.07) is 16.4. The minimum Gasteiger partial charge on any atom is -0.454 e. The van der Waals surface area contributed by atoms with Gasteiger partial charge in [0.2, 0.25) is 0 Å². The lowest BCUT2D eigenvalue weighted by molar-refractivity contribution is -0.385. The number of non-ortho nitro benzene ring substituents is 2. The van der Waals surface area contributed by atoms with Crippen molar-refractivity contribution in [3.05, 3.63) is 86.7 Å². The number of nitrogens with zero attached hydrogens (tertiary/aromatic N) is 4. The van der Waals surface area contributed by atoms with Gasteiger partial charge in [0, 0.05) is 61.7 Å². The maximum absolute atomic E-state index is 11.0. The first-order chi connectivity index (χ1) is 14.9. The maximum atomic E-state index is 11.0. The Bertz CT molecular complexity index is 1150. The van der Waals surface area contributed by atoms with E-state index in [1.807, 2.05) is 11.0 Å². The van der Waals surface area contributed by atoms with Gasteiger partial charge in [-0.05, 0) is 18.2 Å². The molecule has 4 rings (SSSR count). The molecule has 31 heavy (non-hydrogen) atoms. The number of hydrogen-bond acceptors (Lipinski definition) is 7. The van der Waals surface area contributed by atoms with Crippen molar-refractivity contribution < 1.29 is 14.3 Å². The molecule has 2 aromatic carbocycles. The topological polar surface area (TPSA) is 106 Å². The van der Waals surface area contributed by atoms with Crippen LogP contribution < -0.4 is 4.90 Å². The SMILES string of the molecule is O=[N+]([O-])c1cccc(-c2ccc(C(=S)N3CCN(c4cccc([N+](=O)[O-])c4)CC3)o2)c1. The Labute approximate surface area is 182 Å². The zero-order valence-electron chi connectivity index (χ0n) is 16.3. The molecule has 0 bridgehead atoms. The van der Waals surface area contributed by atoms with Crippen LogP contribution in [0.2, 0.25) is 0 Å². The van der Waals surface area contributed by atoms with Gasteiger partial charge in [-0.25, -0.2) is 0 Å². The quantitative estimate of drug-likeness (QED) is 0.330. The molecule has 0 N–H and O–H groups in total. The normalized spacial score (nSPS) is 13.8. The van der Waals surface area contributed by atoms with Crippen molar-refractivity contribution in [2.24, 2.45) is 0 Å². The van der Waals surface area contributed by atoms with Crippen LogP contribution in [0.1, 0.15) is 5.76 Å². The summed E-state index contributed by atoms with van der Waals surface area (Å²) in [6.07, 6.45) is 0. The first-order valence-electron chi connectivity index (χ1n) is 9.56. The van der Waals surface area contributed by atoms with Crippen LogP contribution >= 0.6 is 12.2 Å². The predicted molar refractivity (Wildman–Crippen MR) is 119 cm³/mol. The molecule has 158 valence electrons. The van der Waals surface area contributed by atoms with E-state index < -0.39 is 9.85 Å².